The van der Waals surface area contributed by atoms with Gasteiger partial charge in [-0.3, -0.25) is 24.7 Å². The Labute approximate surface area is 123 Å². The fourth-order valence-corrected chi connectivity index (χ4v) is 1.97. The van der Waals surface area contributed by atoms with Crippen LogP contribution in [-0.4, -0.2) is 63.0 Å². The van der Waals surface area contributed by atoms with Gasteiger partial charge in [0.2, 0.25) is 7.37 Å². The van der Waals surface area contributed by atoms with Crippen LogP contribution in [0, 0.1) is 11.8 Å². The number of carboxylic acids is 1. The summed E-state index contributed by atoms with van der Waals surface area (Å²) in [5, 5.41) is 30.4. The Hall–Kier alpha value is -0.990. The van der Waals surface area contributed by atoms with Gasteiger partial charge in [0, 0.05) is 13.2 Å². The van der Waals surface area contributed by atoms with Crippen molar-refractivity contribution in [2.75, 3.05) is 19.9 Å². The van der Waals surface area contributed by atoms with Crippen molar-refractivity contribution in [3.8, 4) is 0 Å². The number of nitrogens with zero attached hydrogens (tertiary/aromatic N) is 1. The second kappa shape index (κ2) is 8.45. The molecule has 0 saturated heterocycles. The predicted molar refractivity (Wildman–Crippen MR) is 73.8 cm³/mol. The Morgan fingerprint density at radius 3 is 2.24 bits per heavy atom. The van der Waals surface area contributed by atoms with Gasteiger partial charge in [0.15, 0.2) is 0 Å². The number of hydrogen-bond donors (Lipinski definition) is 5. The summed E-state index contributed by atoms with van der Waals surface area (Å²) in [5.41, 5.74) is 0. The molecule has 124 valence electrons. The van der Waals surface area contributed by atoms with Crippen LogP contribution in [-0.2, 0) is 14.2 Å². The number of hydroxylamine groups is 2. The SMILES string of the molecule is CC(C)CC(C(=O)O)C(=O)N(O)CNCC(O)P(C)(=O)O. The largest absolute Gasteiger partial charge is 0.481 e. The molecular formula is C11H23N2O7P. The number of amides is 1. The number of aliphatic hydroxyl groups is 1. The number of carbonyl (C=O) groups is 2. The lowest BCUT2D eigenvalue weighted by Gasteiger charge is -2.22. The zero-order chi connectivity index (χ0) is 16.8. The van der Waals surface area contributed by atoms with E-state index in [1.165, 1.54) is 0 Å². The van der Waals surface area contributed by atoms with Gasteiger partial charge in [0.05, 0.1) is 6.67 Å². The molecular weight excluding hydrogens is 303 g/mol. The number of hydrogen-bond acceptors (Lipinski definition) is 6. The Morgan fingerprint density at radius 2 is 1.86 bits per heavy atom. The molecule has 0 aromatic rings. The van der Waals surface area contributed by atoms with Crippen molar-refractivity contribution in [3.63, 3.8) is 0 Å². The number of aliphatic carboxylic acids is 1. The van der Waals surface area contributed by atoms with E-state index in [4.69, 9.17) is 10.00 Å². The molecule has 1 amide bonds. The van der Waals surface area contributed by atoms with Gasteiger partial charge in [-0.1, -0.05) is 13.8 Å². The Morgan fingerprint density at radius 1 is 1.33 bits per heavy atom. The molecule has 0 fully saturated rings. The third kappa shape index (κ3) is 7.54. The summed E-state index contributed by atoms with van der Waals surface area (Å²) in [4.78, 5) is 31.9. The van der Waals surface area contributed by atoms with Crippen LogP contribution in [0.3, 0.4) is 0 Å². The summed E-state index contributed by atoms with van der Waals surface area (Å²) in [6, 6.07) is 0. The van der Waals surface area contributed by atoms with Crippen molar-refractivity contribution >= 4 is 19.2 Å². The minimum Gasteiger partial charge on any atom is -0.481 e. The third-order valence-electron chi connectivity index (χ3n) is 2.70. The molecule has 0 aliphatic heterocycles. The van der Waals surface area contributed by atoms with Crippen LogP contribution in [0.5, 0.6) is 0 Å². The topological polar surface area (TPSA) is 147 Å². The minimum atomic E-state index is -3.68. The number of carbonyl (C=O) groups excluding carboxylic acids is 1. The van der Waals surface area contributed by atoms with Gasteiger partial charge in [-0.2, -0.15) is 0 Å². The van der Waals surface area contributed by atoms with Gasteiger partial charge in [-0.15, -0.1) is 0 Å². The van der Waals surface area contributed by atoms with E-state index in [9.17, 15) is 24.5 Å². The van der Waals surface area contributed by atoms with Crippen LogP contribution in [0.1, 0.15) is 20.3 Å². The molecule has 3 unspecified atom stereocenters. The van der Waals surface area contributed by atoms with Crippen molar-refractivity contribution in [2.24, 2.45) is 11.8 Å². The van der Waals surface area contributed by atoms with Crippen molar-refractivity contribution in [2.45, 2.75) is 26.1 Å². The fraction of sp³-hybridized carbons (Fsp3) is 0.818. The van der Waals surface area contributed by atoms with Crippen LogP contribution < -0.4 is 5.32 Å². The first kappa shape index (κ1) is 20.0. The molecule has 21 heavy (non-hydrogen) atoms. The molecule has 0 aromatic heterocycles. The maximum Gasteiger partial charge on any atom is 0.316 e. The van der Waals surface area contributed by atoms with E-state index in [0.29, 0.717) is 0 Å². The van der Waals surface area contributed by atoms with Crippen molar-refractivity contribution < 1.29 is 34.5 Å². The molecule has 0 saturated carbocycles. The minimum absolute atomic E-state index is 0.0430. The lowest BCUT2D eigenvalue weighted by Crippen LogP contribution is -2.44. The number of aliphatic hydroxyl groups excluding tert-OH is 1. The normalized spacial score (nSPS) is 17.1. The number of carboxylic acid groups (broad SMARTS) is 1. The van der Waals surface area contributed by atoms with E-state index in [2.05, 4.69) is 5.32 Å². The van der Waals surface area contributed by atoms with Gasteiger partial charge < -0.3 is 15.1 Å². The summed E-state index contributed by atoms with van der Waals surface area (Å²) < 4.78 is 11.1. The smallest absolute Gasteiger partial charge is 0.316 e. The number of nitrogens with one attached hydrogen (secondary N) is 1. The van der Waals surface area contributed by atoms with E-state index in [1.807, 2.05) is 0 Å². The maximum atomic E-state index is 11.8. The van der Waals surface area contributed by atoms with Crippen molar-refractivity contribution in [1.82, 2.24) is 10.4 Å². The molecule has 0 aromatic carbocycles. The molecule has 0 heterocycles. The Bertz CT molecular complexity index is 409. The average Bonchev–Trinajstić information content (AvgIpc) is 2.33. The third-order valence-corrected chi connectivity index (χ3v) is 3.99. The predicted octanol–water partition coefficient (Wildman–Crippen LogP) is -0.283. The van der Waals surface area contributed by atoms with Gasteiger partial charge in [-0.05, 0) is 12.3 Å². The van der Waals surface area contributed by atoms with Crippen LogP contribution in [0.25, 0.3) is 0 Å². The monoisotopic (exact) mass is 326 g/mol. The van der Waals surface area contributed by atoms with Crippen LogP contribution >= 0.6 is 7.37 Å². The zero-order valence-electron chi connectivity index (χ0n) is 12.3. The molecule has 5 N–H and O–H groups in total. The highest BCUT2D eigenvalue weighted by atomic mass is 31.2. The zero-order valence-corrected chi connectivity index (χ0v) is 13.2. The lowest BCUT2D eigenvalue weighted by atomic mass is 9.96. The van der Waals surface area contributed by atoms with E-state index in [0.717, 1.165) is 6.66 Å². The Balaban J connectivity index is 4.43. The first-order chi connectivity index (χ1) is 9.46. The molecule has 0 rings (SSSR count). The second-order valence-electron chi connectivity index (χ2n) is 5.29. The first-order valence-electron chi connectivity index (χ1n) is 6.38. The van der Waals surface area contributed by atoms with E-state index >= 15 is 0 Å². The highest BCUT2D eigenvalue weighted by Crippen LogP contribution is 2.39. The average molecular weight is 326 g/mol. The maximum absolute atomic E-state index is 11.8. The first-order valence-corrected chi connectivity index (χ1v) is 8.56. The summed E-state index contributed by atoms with van der Waals surface area (Å²) in [7, 11) is -3.68. The second-order valence-corrected chi connectivity index (χ2v) is 7.78. The number of rotatable bonds is 9. The molecule has 3 atom stereocenters. The van der Waals surface area contributed by atoms with Gasteiger partial charge in [0.25, 0.3) is 5.91 Å². The van der Waals surface area contributed by atoms with E-state index < -0.39 is 37.7 Å². The van der Waals surface area contributed by atoms with Crippen LogP contribution in [0.15, 0.2) is 0 Å². The highest BCUT2D eigenvalue weighted by molar-refractivity contribution is 7.57. The van der Waals surface area contributed by atoms with E-state index in [1.54, 1.807) is 13.8 Å². The molecule has 10 heteroatoms. The highest BCUT2D eigenvalue weighted by Gasteiger charge is 2.31. The lowest BCUT2D eigenvalue weighted by molar-refractivity contribution is -0.177. The fourth-order valence-electron chi connectivity index (χ4n) is 1.51. The molecule has 0 radical (unpaired) electrons. The molecule has 9 nitrogen and oxygen atoms in total. The van der Waals surface area contributed by atoms with Gasteiger partial charge >= 0.3 is 5.97 Å². The quantitative estimate of drug-likeness (QED) is 0.128. The van der Waals surface area contributed by atoms with Crippen molar-refractivity contribution in [3.05, 3.63) is 0 Å². The Kier molecular flexibility index (Phi) is 8.05. The van der Waals surface area contributed by atoms with Crippen molar-refractivity contribution in [1.29, 1.82) is 0 Å². The summed E-state index contributed by atoms with van der Waals surface area (Å²) in [6.07, 6.45) is 0.0780. The summed E-state index contributed by atoms with van der Waals surface area (Å²) >= 11 is 0. The van der Waals surface area contributed by atoms with E-state index in [-0.39, 0.29) is 23.9 Å². The molecule has 0 aliphatic carbocycles. The molecule has 0 spiro atoms. The summed E-state index contributed by atoms with van der Waals surface area (Å²) in [6.45, 7) is 3.69. The van der Waals surface area contributed by atoms with Gasteiger partial charge in [0.1, 0.15) is 11.8 Å². The van der Waals surface area contributed by atoms with Crippen LogP contribution in [0.2, 0.25) is 0 Å². The molecule has 0 bridgehead atoms. The van der Waals surface area contributed by atoms with Crippen LogP contribution in [0.4, 0.5) is 0 Å². The van der Waals surface area contributed by atoms with Gasteiger partial charge in [-0.25, -0.2) is 5.06 Å². The summed E-state index contributed by atoms with van der Waals surface area (Å²) in [5.74, 6) is -5.26. The molecule has 0 aliphatic rings. The standard InChI is InChI=1S/C11H23N2O7P/c1-7(2)4-8(11(16)17)10(15)13(18)6-12-5-9(14)21(3,19)20/h7-9,12,14,18H,4-6H2,1-3H3,(H,16,17)(H,19,20).